The first-order valence-corrected chi connectivity index (χ1v) is 10.1. The van der Waals surface area contributed by atoms with Crippen LogP contribution in [0.2, 0.25) is 0 Å². The topological polar surface area (TPSA) is 47.6 Å². The smallest absolute Gasteiger partial charge is 0.255 e. The summed E-state index contributed by atoms with van der Waals surface area (Å²) >= 11 is 0. The second-order valence-electron chi connectivity index (χ2n) is 7.10. The number of halogens is 1. The Morgan fingerprint density at radius 2 is 1.44 bits per heavy atom. The Morgan fingerprint density at radius 1 is 0.750 bits per heavy atom. The highest BCUT2D eigenvalue weighted by atomic mass is 19.1. The van der Waals surface area contributed by atoms with Crippen LogP contribution in [0, 0.1) is 11.9 Å². The molecule has 4 rings (SSSR count). The fourth-order valence-corrected chi connectivity index (χ4v) is 3.04. The Hall–Kier alpha value is -4.12. The Bertz CT molecular complexity index is 1180. The molecular formula is C27H21FNO3. The fraction of sp³-hybridized carbons (Fsp3) is 0.0741. The van der Waals surface area contributed by atoms with Crippen LogP contribution < -0.4 is 14.8 Å². The molecule has 0 bridgehead atoms. The Labute approximate surface area is 186 Å². The number of carbonyl (C=O) groups is 1. The lowest BCUT2D eigenvalue weighted by Gasteiger charge is -2.10. The molecule has 1 amide bonds. The standard InChI is InChI=1S/C27H21FNO3/c28-23-9-5-10-24(17-23)29-27(30)22-12-14-25(15-13-22)31-19-21-8-4-11-26(16-21)32-18-20-6-2-1-3-7-20/h1-16H,18-19H2,(H,29,30). The van der Waals surface area contributed by atoms with E-state index in [9.17, 15) is 9.18 Å². The number of anilines is 1. The molecule has 0 unspecified atom stereocenters. The van der Waals surface area contributed by atoms with Crippen LogP contribution in [-0.2, 0) is 13.2 Å². The summed E-state index contributed by atoms with van der Waals surface area (Å²) in [6.07, 6.45) is 0. The predicted octanol–water partition coefficient (Wildman–Crippen LogP) is 6.04. The average Bonchev–Trinajstić information content (AvgIpc) is 2.83. The minimum Gasteiger partial charge on any atom is -0.489 e. The van der Waals surface area contributed by atoms with Crippen LogP contribution >= 0.6 is 0 Å². The summed E-state index contributed by atoms with van der Waals surface area (Å²) in [7, 11) is 0. The molecule has 0 atom stereocenters. The fourth-order valence-electron chi connectivity index (χ4n) is 3.04. The lowest BCUT2D eigenvalue weighted by atomic mass is 10.2. The third-order valence-corrected chi connectivity index (χ3v) is 4.68. The second kappa shape index (κ2) is 10.3. The van der Waals surface area contributed by atoms with E-state index in [4.69, 9.17) is 9.47 Å². The molecule has 4 nitrogen and oxygen atoms in total. The third-order valence-electron chi connectivity index (χ3n) is 4.68. The quantitative estimate of drug-likeness (QED) is 0.374. The Morgan fingerprint density at radius 3 is 2.22 bits per heavy atom. The molecule has 0 aromatic heterocycles. The van der Waals surface area contributed by atoms with E-state index in [1.165, 1.54) is 12.1 Å². The predicted molar refractivity (Wildman–Crippen MR) is 121 cm³/mol. The van der Waals surface area contributed by atoms with E-state index in [0.29, 0.717) is 24.5 Å². The normalized spacial score (nSPS) is 10.4. The summed E-state index contributed by atoms with van der Waals surface area (Å²) in [6.45, 7) is 0.869. The van der Waals surface area contributed by atoms with Gasteiger partial charge in [0.2, 0.25) is 0 Å². The van der Waals surface area contributed by atoms with Crippen molar-refractivity contribution in [1.82, 2.24) is 0 Å². The van der Waals surface area contributed by atoms with Gasteiger partial charge >= 0.3 is 0 Å². The monoisotopic (exact) mass is 426 g/mol. The Kier molecular flexibility index (Phi) is 6.78. The van der Waals surface area contributed by atoms with Crippen molar-refractivity contribution in [1.29, 1.82) is 0 Å². The van der Waals surface area contributed by atoms with Crippen molar-refractivity contribution in [2.75, 3.05) is 5.32 Å². The van der Waals surface area contributed by atoms with Crippen LogP contribution in [0.4, 0.5) is 10.1 Å². The van der Waals surface area contributed by atoms with E-state index in [0.717, 1.165) is 16.9 Å². The van der Waals surface area contributed by atoms with Crippen LogP contribution in [0.1, 0.15) is 21.5 Å². The summed E-state index contributed by atoms with van der Waals surface area (Å²) in [5.74, 6) is 0.536. The molecule has 0 spiro atoms. The zero-order valence-corrected chi connectivity index (χ0v) is 17.3. The zero-order valence-electron chi connectivity index (χ0n) is 17.3. The molecule has 0 heterocycles. The van der Waals surface area contributed by atoms with Crippen molar-refractivity contribution in [3.05, 3.63) is 126 Å². The molecular weight excluding hydrogens is 405 g/mol. The van der Waals surface area contributed by atoms with Crippen molar-refractivity contribution in [3.8, 4) is 11.5 Å². The van der Waals surface area contributed by atoms with Gasteiger partial charge in [-0.2, -0.15) is 0 Å². The molecule has 5 heteroatoms. The molecule has 0 aliphatic heterocycles. The number of hydrogen-bond acceptors (Lipinski definition) is 3. The molecule has 0 fully saturated rings. The molecule has 0 saturated heterocycles. The minimum atomic E-state index is -0.527. The van der Waals surface area contributed by atoms with Crippen LogP contribution in [-0.4, -0.2) is 5.91 Å². The first-order chi connectivity index (χ1) is 15.7. The number of ether oxygens (including phenoxy) is 2. The van der Waals surface area contributed by atoms with Crippen LogP contribution in [0.3, 0.4) is 0 Å². The van der Waals surface area contributed by atoms with E-state index in [2.05, 4.69) is 11.4 Å². The molecule has 0 aliphatic carbocycles. The van der Waals surface area contributed by atoms with Gasteiger partial charge < -0.3 is 14.8 Å². The van der Waals surface area contributed by atoms with E-state index in [-0.39, 0.29) is 11.6 Å². The van der Waals surface area contributed by atoms with E-state index in [1.54, 1.807) is 30.3 Å². The number of carbonyl (C=O) groups excluding carboxylic acids is 1. The molecule has 4 aromatic carbocycles. The number of amides is 1. The van der Waals surface area contributed by atoms with Crippen molar-refractivity contribution >= 4 is 11.6 Å². The lowest BCUT2D eigenvalue weighted by Crippen LogP contribution is -2.12. The van der Waals surface area contributed by atoms with Gasteiger partial charge in [-0.1, -0.05) is 48.5 Å². The molecule has 4 aromatic rings. The van der Waals surface area contributed by atoms with Crippen molar-refractivity contribution < 1.29 is 18.7 Å². The van der Waals surface area contributed by atoms with Gasteiger partial charge in [0.25, 0.3) is 5.91 Å². The first kappa shape index (κ1) is 21.1. The highest BCUT2D eigenvalue weighted by molar-refractivity contribution is 6.04. The van der Waals surface area contributed by atoms with Crippen molar-refractivity contribution in [2.24, 2.45) is 0 Å². The van der Waals surface area contributed by atoms with Gasteiger partial charge in [-0.3, -0.25) is 4.79 Å². The van der Waals surface area contributed by atoms with Gasteiger partial charge in [0.15, 0.2) is 0 Å². The third kappa shape index (κ3) is 5.95. The van der Waals surface area contributed by atoms with Crippen LogP contribution in [0.5, 0.6) is 11.5 Å². The summed E-state index contributed by atoms with van der Waals surface area (Å²) in [4.78, 5) is 12.3. The molecule has 0 saturated carbocycles. The zero-order chi connectivity index (χ0) is 22.2. The number of nitrogens with one attached hydrogen (secondary N) is 1. The van der Waals surface area contributed by atoms with Gasteiger partial charge in [0.05, 0.1) is 5.69 Å². The average molecular weight is 426 g/mol. The van der Waals surface area contributed by atoms with Gasteiger partial charge in [0.1, 0.15) is 30.5 Å². The van der Waals surface area contributed by atoms with Gasteiger partial charge in [-0.15, -0.1) is 0 Å². The Balaban J connectivity index is 1.30. The summed E-state index contributed by atoms with van der Waals surface area (Å²) in [5.41, 5.74) is 2.80. The first-order valence-electron chi connectivity index (χ1n) is 10.1. The number of hydrogen-bond donors (Lipinski definition) is 1. The highest BCUT2D eigenvalue weighted by Crippen LogP contribution is 2.19. The SMILES string of the molecule is O=C(Nc1[c]c(F)ccc1)c1ccc(OCc2cccc(OCc3ccccc3)c2)cc1. The van der Waals surface area contributed by atoms with Gasteiger partial charge in [-0.05, 0) is 59.7 Å². The molecule has 1 radical (unpaired) electrons. The second-order valence-corrected chi connectivity index (χ2v) is 7.10. The summed E-state index contributed by atoms with van der Waals surface area (Å²) < 4.78 is 24.9. The molecule has 32 heavy (non-hydrogen) atoms. The van der Waals surface area contributed by atoms with Crippen LogP contribution in [0.15, 0.2) is 97.1 Å². The summed E-state index contributed by atoms with van der Waals surface area (Å²) in [6, 6.07) is 31.3. The number of rotatable bonds is 8. The van der Waals surface area contributed by atoms with Crippen molar-refractivity contribution in [2.45, 2.75) is 13.2 Å². The van der Waals surface area contributed by atoms with Crippen LogP contribution in [0.25, 0.3) is 0 Å². The highest BCUT2D eigenvalue weighted by Gasteiger charge is 2.07. The van der Waals surface area contributed by atoms with E-state index < -0.39 is 5.82 Å². The van der Waals surface area contributed by atoms with Gasteiger partial charge in [0, 0.05) is 11.6 Å². The lowest BCUT2D eigenvalue weighted by molar-refractivity contribution is 0.102. The number of benzene rings is 4. The maximum atomic E-state index is 13.2. The van der Waals surface area contributed by atoms with Gasteiger partial charge in [-0.25, -0.2) is 4.39 Å². The van der Waals surface area contributed by atoms with Crippen molar-refractivity contribution in [3.63, 3.8) is 0 Å². The van der Waals surface area contributed by atoms with E-state index >= 15 is 0 Å². The minimum absolute atomic E-state index is 0.282. The molecule has 0 aliphatic rings. The molecule has 1 N–H and O–H groups in total. The summed E-state index contributed by atoms with van der Waals surface area (Å²) in [5, 5.41) is 2.62. The maximum absolute atomic E-state index is 13.2. The maximum Gasteiger partial charge on any atom is 0.255 e. The van der Waals surface area contributed by atoms with E-state index in [1.807, 2.05) is 54.6 Å². The molecule has 159 valence electrons. The largest absolute Gasteiger partial charge is 0.489 e.